The number of nitrogens with one attached hydrogen (secondary N) is 1. The Morgan fingerprint density at radius 3 is 2.67 bits per heavy atom. The van der Waals surface area contributed by atoms with E-state index in [1.54, 1.807) is 19.9 Å². The van der Waals surface area contributed by atoms with E-state index in [4.69, 9.17) is 0 Å². The van der Waals surface area contributed by atoms with Gasteiger partial charge in [0.05, 0.1) is 5.69 Å². The lowest BCUT2D eigenvalue weighted by atomic mass is 10.4. The van der Waals surface area contributed by atoms with Crippen LogP contribution in [-0.2, 0) is 0 Å². The van der Waals surface area contributed by atoms with Gasteiger partial charge in [0.1, 0.15) is 5.69 Å². The number of aromatic nitrogens is 2. The minimum Gasteiger partial charge on any atom is -0.216 e. The van der Waals surface area contributed by atoms with Crippen molar-refractivity contribution in [2.24, 2.45) is 0 Å². The van der Waals surface area contributed by atoms with Crippen LogP contribution in [0, 0.1) is 13.8 Å². The number of nitrogens with zero attached hydrogens (tertiary/aromatic N) is 2. The topological polar surface area (TPSA) is 55.0 Å². The van der Waals surface area contributed by atoms with E-state index in [9.17, 15) is 9.59 Å². The van der Waals surface area contributed by atoms with Gasteiger partial charge in [-0.05, 0) is 6.92 Å². The van der Waals surface area contributed by atoms with Crippen LogP contribution in [0.15, 0.2) is 6.07 Å². The molecule has 62 valence electrons. The number of carbonyl (C=O) groups is 2. The molecule has 2 amide bonds. The molecule has 0 unspecified atom stereocenters. The summed E-state index contributed by atoms with van der Waals surface area (Å²) in [6.07, 6.45) is 0. The van der Waals surface area contributed by atoms with E-state index in [0.717, 1.165) is 11.4 Å². The molecule has 2 rings (SSSR count). The fraction of sp³-hybridized carbons (Fsp3) is 0.286. The van der Waals surface area contributed by atoms with Crippen LogP contribution in [0.2, 0.25) is 0 Å². The molecule has 0 aliphatic carbocycles. The summed E-state index contributed by atoms with van der Waals surface area (Å²) >= 11 is 0. The Hall–Kier alpha value is -1.65. The van der Waals surface area contributed by atoms with Gasteiger partial charge in [0.15, 0.2) is 0 Å². The van der Waals surface area contributed by atoms with E-state index in [1.165, 1.54) is 9.36 Å². The van der Waals surface area contributed by atoms with Crippen LogP contribution in [-0.4, -0.2) is 16.7 Å². The van der Waals surface area contributed by atoms with Crippen molar-refractivity contribution in [3.05, 3.63) is 17.5 Å². The quantitative estimate of drug-likeness (QED) is 0.548. The predicted octanol–water partition coefficient (Wildman–Crippen LogP) is -0.0682. The van der Waals surface area contributed by atoms with Gasteiger partial charge in [-0.25, -0.2) is 4.79 Å². The predicted molar refractivity (Wildman–Crippen MR) is 38.8 cm³/mol. The summed E-state index contributed by atoms with van der Waals surface area (Å²) in [5, 5.41) is 2.19. The maximum atomic E-state index is 11.1. The summed E-state index contributed by atoms with van der Waals surface area (Å²) in [7, 11) is 0. The molecule has 0 radical (unpaired) electrons. The highest BCUT2D eigenvalue weighted by molar-refractivity contribution is 5.93. The van der Waals surface area contributed by atoms with E-state index in [0.29, 0.717) is 0 Å². The highest BCUT2D eigenvalue weighted by Crippen LogP contribution is 2.02. The van der Waals surface area contributed by atoms with E-state index in [-0.39, 0.29) is 12.1 Å². The molecule has 5 heteroatoms. The van der Waals surface area contributed by atoms with Gasteiger partial charge in [-0.15, -0.1) is 10.00 Å². The van der Waals surface area contributed by atoms with E-state index in [2.05, 4.69) is 5.32 Å². The Bertz CT molecular complexity index is 357. The first kappa shape index (κ1) is 7.02. The second-order valence-electron chi connectivity index (χ2n) is 2.79. The molecular weight excluding hydrogens is 158 g/mol. The van der Waals surface area contributed by atoms with Gasteiger partial charge in [-0.3, -0.25) is 0 Å². The standard InChI is InChI=1S/C7H7N3O2/c1-4-3-5(2)10-7(12)8-6(11)9(4)10/h3H,1-2H3/p+1. The Kier molecular flexibility index (Phi) is 1.13. The molecule has 1 aliphatic heterocycles. The lowest BCUT2D eigenvalue weighted by molar-refractivity contribution is -0.646. The smallest absolute Gasteiger partial charge is 0.216 e. The largest absolute Gasteiger partial charge is 0.524 e. The maximum absolute atomic E-state index is 11.1. The van der Waals surface area contributed by atoms with Crippen LogP contribution in [0.1, 0.15) is 11.4 Å². The van der Waals surface area contributed by atoms with Gasteiger partial charge >= 0.3 is 12.1 Å². The fourth-order valence-electron chi connectivity index (χ4n) is 1.44. The van der Waals surface area contributed by atoms with E-state index < -0.39 is 0 Å². The first-order valence-electron chi connectivity index (χ1n) is 3.58. The highest BCUT2D eigenvalue weighted by atomic mass is 16.2. The SMILES string of the molecule is Cc1cc(C)[n+]2n1C(=O)NC2=O. The second-order valence-corrected chi connectivity index (χ2v) is 2.79. The first-order valence-corrected chi connectivity index (χ1v) is 3.58. The first-order chi connectivity index (χ1) is 5.61. The average molecular weight is 166 g/mol. The Morgan fingerprint density at radius 1 is 1.42 bits per heavy atom. The number of hydrogen-bond acceptors (Lipinski definition) is 2. The highest BCUT2D eigenvalue weighted by Gasteiger charge is 2.37. The van der Waals surface area contributed by atoms with Gasteiger partial charge in [0, 0.05) is 13.0 Å². The third-order valence-electron chi connectivity index (χ3n) is 1.88. The number of hydrogen-bond donors (Lipinski definition) is 1. The van der Waals surface area contributed by atoms with Crippen molar-refractivity contribution in [2.45, 2.75) is 13.8 Å². The Morgan fingerprint density at radius 2 is 2.08 bits per heavy atom. The van der Waals surface area contributed by atoms with Gasteiger partial charge < -0.3 is 0 Å². The van der Waals surface area contributed by atoms with Gasteiger partial charge in [0.2, 0.25) is 0 Å². The zero-order chi connectivity index (χ0) is 8.88. The fourth-order valence-corrected chi connectivity index (χ4v) is 1.44. The molecule has 2 heterocycles. The molecule has 1 N–H and O–H groups in total. The summed E-state index contributed by atoms with van der Waals surface area (Å²) in [4.78, 5) is 22.2. The molecule has 0 saturated carbocycles. The molecule has 12 heavy (non-hydrogen) atoms. The number of carbonyl (C=O) groups excluding carboxylic acids is 2. The molecule has 1 aromatic heterocycles. The van der Waals surface area contributed by atoms with Crippen LogP contribution >= 0.6 is 0 Å². The monoisotopic (exact) mass is 166 g/mol. The molecule has 0 atom stereocenters. The third-order valence-corrected chi connectivity index (χ3v) is 1.88. The van der Waals surface area contributed by atoms with Crippen molar-refractivity contribution in [3.8, 4) is 0 Å². The lowest BCUT2D eigenvalue weighted by Gasteiger charge is -1.87. The van der Waals surface area contributed by atoms with Crippen molar-refractivity contribution in [2.75, 3.05) is 0 Å². The normalized spacial score (nSPS) is 14.8. The molecule has 0 bridgehead atoms. The van der Waals surface area contributed by atoms with Crippen LogP contribution in [0.4, 0.5) is 9.59 Å². The molecule has 0 saturated heterocycles. The molecule has 1 aromatic rings. The number of imide groups is 1. The van der Waals surface area contributed by atoms with Crippen molar-refractivity contribution >= 4 is 12.1 Å². The molecular formula is C7H8N3O2+. The third kappa shape index (κ3) is 0.650. The Labute approximate surface area is 68.6 Å². The van der Waals surface area contributed by atoms with Crippen molar-refractivity contribution in [1.82, 2.24) is 10.00 Å². The maximum Gasteiger partial charge on any atom is 0.524 e. The van der Waals surface area contributed by atoms with Crippen molar-refractivity contribution in [1.29, 1.82) is 0 Å². The zero-order valence-electron chi connectivity index (χ0n) is 6.79. The summed E-state index contributed by atoms with van der Waals surface area (Å²) in [6.45, 7) is 3.56. The molecule has 0 fully saturated rings. The molecule has 0 aromatic carbocycles. The number of rotatable bonds is 0. The van der Waals surface area contributed by atoms with Gasteiger partial charge in [-0.1, -0.05) is 4.68 Å². The van der Waals surface area contributed by atoms with E-state index in [1.807, 2.05) is 0 Å². The summed E-state index contributed by atoms with van der Waals surface area (Å²) in [5.74, 6) is 0. The van der Waals surface area contributed by atoms with Gasteiger partial charge in [-0.2, -0.15) is 4.79 Å². The Balaban J connectivity index is 2.78. The minimum absolute atomic E-state index is 0.384. The average Bonchev–Trinajstić information content (AvgIpc) is 2.38. The van der Waals surface area contributed by atoms with E-state index >= 15 is 0 Å². The van der Waals surface area contributed by atoms with Crippen molar-refractivity contribution < 1.29 is 14.3 Å². The minimum atomic E-state index is -0.384. The zero-order valence-corrected chi connectivity index (χ0v) is 6.79. The molecule has 0 spiro atoms. The molecule has 1 aliphatic rings. The summed E-state index contributed by atoms with van der Waals surface area (Å²) < 4.78 is 2.63. The number of amides is 2. The number of fused-ring (bicyclic) bond motifs is 1. The van der Waals surface area contributed by atoms with Crippen LogP contribution in [0.25, 0.3) is 0 Å². The van der Waals surface area contributed by atoms with Crippen molar-refractivity contribution in [3.63, 3.8) is 0 Å². The van der Waals surface area contributed by atoms with Crippen LogP contribution in [0.3, 0.4) is 0 Å². The number of aryl methyl sites for hydroxylation is 2. The lowest BCUT2D eigenvalue weighted by Crippen LogP contribution is -2.48. The summed E-state index contributed by atoms with van der Waals surface area (Å²) in [6, 6.07) is 1.02. The van der Waals surface area contributed by atoms with Crippen LogP contribution < -0.4 is 10.00 Å². The molecule has 5 nitrogen and oxygen atoms in total. The second kappa shape index (κ2) is 1.94. The summed E-state index contributed by atoms with van der Waals surface area (Å²) in [5.41, 5.74) is 1.52. The van der Waals surface area contributed by atoms with Gasteiger partial charge in [0.25, 0.3) is 0 Å². The van der Waals surface area contributed by atoms with Crippen LogP contribution in [0.5, 0.6) is 0 Å².